The summed E-state index contributed by atoms with van der Waals surface area (Å²) in [6.07, 6.45) is 1.42. The van der Waals surface area contributed by atoms with Crippen LogP contribution < -0.4 is 9.47 Å². The molecule has 1 aromatic carbocycles. The molecule has 0 heterocycles. The zero-order valence-corrected chi connectivity index (χ0v) is 8.48. The highest BCUT2D eigenvalue weighted by Crippen LogP contribution is 2.37. The number of benzene rings is 1. The summed E-state index contributed by atoms with van der Waals surface area (Å²) >= 11 is 0. The van der Waals surface area contributed by atoms with E-state index in [1.165, 1.54) is 26.4 Å². The number of phenolic OH excluding ortho intramolecular Hbond substituents is 1. The molecule has 0 saturated heterocycles. The highest BCUT2D eigenvalue weighted by molar-refractivity contribution is 5.53. The van der Waals surface area contributed by atoms with Gasteiger partial charge in [0.2, 0.25) is 11.8 Å². The number of nitrogens with zero attached hydrogens (tertiary/aromatic N) is 1. The third-order valence-electron chi connectivity index (χ3n) is 1.85. The topological polar surface area (TPSA) is 68.1 Å². The maximum atomic E-state index is 9.93. The average Bonchev–Trinajstić information content (AvgIpc) is 2.25. The van der Waals surface area contributed by atoms with Crippen LogP contribution in [0.15, 0.2) is 17.1 Å². The maximum Gasteiger partial charge on any atom is 0.235 e. The molecule has 0 saturated carbocycles. The van der Waals surface area contributed by atoms with Gasteiger partial charge in [0.1, 0.15) is 0 Å². The van der Waals surface area contributed by atoms with Gasteiger partial charge in [0.15, 0.2) is 11.5 Å². The monoisotopic (exact) mass is 209 g/mol. The Labute approximate surface area is 87.0 Å². The molecule has 0 radical (unpaired) electrons. The van der Waals surface area contributed by atoms with Gasteiger partial charge in [0.05, 0.1) is 20.8 Å². The Morgan fingerprint density at radius 2 is 2.13 bits per heavy atom. The second-order valence-electron chi connectivity index (χ2n) is 2.76. The molecular formula is C10H11NO4. The lowest BCUT2D eigenvalue weighted by Gasteiger charge is -2.10. The van der Waals surface area contributed by atoms with Crippen molar-refractivity contribution in [3.05, 3.63) is 17.7 Å². The van der Waals surface area contributed by atoms with Gasteiger partial charge in [0, 0.05) is 0 Å². The minimum absolute atomic E-state index is 0.0482. The van der Waals surface area contributed by atoms with Gasteiger partial charge in [-0.15, -0.1) is 0 Å². The lowest BCUT2D eigenvalue weighted by Crippen LogP contribution is -1.93. The molecular weight excluding hydrogens is 198 g/mol. The van der Waals surface area contributed by atoms with E-state index in [2.05, 4.69) is 4.99 Å². The first-order chi connectivity index (χ1) is 7.22. The van der Waals surface area contributed by atoms with Gasteiger partial charge >= 0.3 is 0 Å². The van der Waals surface area contributed by atoms with Crippen molar-refractivity contribution in [1.82, 2.24) is 0 Å². The number of rotatable bonds is 4. The molecule has 0 amide bonds. The van der Waals surface area contributed by atoms with Crippen molar-refractivity contribution >= 4 is 6.08 Å². The van der Waals surface area contributed by atoms with E-state index in [1.54, 1.807) is 6.07 Å². The van der Waals surface area contributed by atoms with E-state index >= 15 is 0 Å². The van der Waals surface area contributed by atoms with Crippen LogP contribution in [-0.2, 0) is 11.3 Å². The Hall–Kier alpha value is -2.00. The number of hydrogen-bond acceptors (Lipinski definition) is 5. The number of aromatic hydroxyl groups is 1. The Bertz CT molecular complexity index is 397. The zero-order chi connectivity index (χ0) is 11.3. The molecule has 5 heteroatoms. The summed E-state index contributed by atoms with van der Waals surface area (Å²) < 4.78 is 9.96. The Morgan fingerprint density at radius 1 is 1.40 bits per heavy atom. The van der Waals surface area contributed by atoms with Crippen LogP contribution in [0.4, 0.5) is 0 Å². The van der Waals surface area contributed by atoms with Crippen molar-refractivity contribution in [3.63, 3.8) is 0 Å². The minimum atomic E-state index is -0.0482. The third-order valence-corrected chi connectivity index (χ3v) is 1.85. The fraction of sp³-hybridized carbons (Fsp3) is 0.300. The van der Waals surface area contributed by atoms with Crippen molar-refractivity contribution in [2.24, 2.45) is 4.99 Å². The normalized spacial score (nSPS) is 9.20. The van der Waals surface area contributed by atoms with Crippen molar-refractivity contribution in [2.75, 3.05) is 14.2 Å². The number of aliphatic imine (C=N–C) groups is 1. The minimum Gasteiger partial charge on any atom is -0.504 e. The molecule has 15 heavy (non-hydrogen) atoms. The van der Waals surface area contributed by atoms with Crippen LogP contribution in [0.25, 0.3) is 0 Å². The van der Waals surface area contributed by atoms with Gasteiger partial charge in [-0.25, -0.2) is 9.79 Å². The zero-order valence-electron chi connectivity index (χ0n) is 8.48. The van der Waals surface area contributed by atoms with Crippen molar-refractivity contribution in [3.8, 4) is 17.2 Å². The summed E-state index contributed by atoms with van der Waals surface area (Å²) in [6, 6.07) is 3.10. The molecule has 0 fully saturated rings. The third kappa shape index (κ3) is 2.48. The van der Waals surface area contributed by atoms with Crippen LogP contribution in [0.3, 0.4) is 0 Å². The largest absolute Gasteiger partial charge is 0.504 e. The predicted octanol–water partition coefficient (Wildman–Crippen LogP) is 1.25. The molecule has 0 aliphatic rings. The summed E-state index contributed by atoms with van der Waals surface area (Å²) in [4.78, 5) is 13.3. The van der Waals surface area contributed by atoms with Crippen LogP contribution in [0, 0.1) is 0 Å². The summed E-state index contributed by atoms with van der Waals surface area (Å²) in [5, 5.41) is 9.56. The summed E-state index contributed by atoms with van der Waals surface area (Å²) in [6.45, 7) is 0.150. The van der Waals surface area contributed by atoms with E-state index in [4.69, 9.17) is 9.47 Å². The Morgan fingerprint density at radius 3 is 2.67 bits per heavy atom. The molecule has 0 aliphatic heterocycles. The predicted molar refractivity (Wildman–Crippen MR) is 53.0 cm³/mol. The first-order valence-electron chi connectivity index (χ1n) is 4.20. The number of ether oxygens (including phenoxy) is 2. The van der Waals surface area contributed by atoms with E-state index in [1.807, 2.05) is 0 Å². The second kappa shape index (κ2) is 5.02. The lowest BCUT2D eigenvalue weighted by atomic mass is 10.2. The quantitative estimate of drug-likeness (QED) is 0.598. The maximum absolute atomic E-state index is 9.93. The van der Waals surface area contributed by atoms with Crippen molar-refractivity contribution in [1.29, 1.82) is 0 Å². The summed E-state index contributed by atoms with van der Waals surface area (Å²) in [5.41, 5.74) is 0.647. The highest BCUT2D eigenvalue weighted by atomic mass is 16.5. The summed E-state index contributed by atoms with van der Waals surface area (Å²) in [5.74, 6) is 0.609. The van der Waals surface area contributed by atoms with E-state index in [0.717, 1.165) is 0 Å². The van der Waals surface area contributed by atoms with Gasteiger partial charge in [-0.3, -0.25) is 0 Å². The van der Waals surface area contributed by atoms with Gasteiger partial charge < -0.3 is 14.6 Å². The van der Waals surface area contributed by atoms with Crippen LogP contribution in [0.5, 0.6) is 17.2 Å². The number of phenols is 1. The van der Waals surface area contributed by atoms with E-state index in [9.17, 15) is 9.90 Å². The molecule has 0 aromatic heterocycles. The average molecular weight is 209 g/mol. The van der Waals surface area contributed by atoms with E-state index in [-0.39, 0.29) is 18.0 Å². The number of hydrogen-bond donors (Lipinski definition) is 1. The first-order valence-corrected chi connectivity index (χ1v) is 4.20. The molecule has 0 aliphatic carbocycles. The van der Waals surface area contributed by atoms with E-state index in [0.29, 0.717) is 11.3 Å². The van der Waals surface area contributed by atoms with Gasteiger partial charge in [-0.2, -0.15) is 0 Å². The van der Waals surface area contributed by atoms with Gasteiger partial charge in [-0.1, -0.05) is 0 Å². The molecule has 5 nitrogen and oxygen atoms in total. The molecule has 0 spiro atoms. The van der Waals surface area contributed by atoms with Gasteiger partial charge in [-0.05, 0) is 17.7 Å². The lowest BCUT2D eigenvalue weighted by molar-refractivity contribution is 0.332. The standard InChI is InChI=1S/C10H11NO4/c1-14-9-4-7(5-11-6-12)3-8(13)10(9)15-2/h3-4,13H,5H2,1-2H3. The van der Waals surface area contributed by atoms with Crippen LogP contribution in [-0.4, -0.2) is 25.4 Å². The van der Waals surface area contributed by atoms with Gasteiger partial charge in [0.25, 0.3) is 0 Å². The van der Waals surface area contributed by atoms with Crippen LogP contribution in [0.1, 0.15) is 5.56 Å². The number of isocyanates is 1. The molecule has 0 unspecified atom stereocenters. The molecule has 1 N–H and O–H groups in total. The second-order valence-corrected chi connectivity index (χ2v) is 2.76. The highest BCUT2D eigenvalue weighted by Gasteiger charge is 2.10. The fourth-order valence-corrected chi connectivity index (χ4v) is 1.21. The first kappa shape index (κ1) is 11.1. The molecule has 80 valence electrons. The molecule has 1 aromatic rings. The van der Waals surface area contributed by atoms with Crippen LogP contribution >= 0.6 is 0 Å². The smallest absolute Gasteiger partial charge is 0.235 e. The number of carbonyl (C=O) groups excluding carboxylic acids is 1. The molecule has 1 rings (SSSR count). The van der Waals surface area contributed by atoms with Crippen LogP contribution in [0.2, 0.25) is 0 Å². The van der Waals surface area contributed by atoms with E-state index < -0.39 is 0 Å². The fourth-order valence-electron chi connectivity index (χ4n) is 1.21. The summed E-state index contributed by atoms with van der Waals surface area (Å²) in [7, 11) is 2.89. The number of methoxy groups -OCH3 is 2. The SMILES string of the molecule is COc1cc(CN=C=O)cc(O)c1OC. The molecule has 0 atom stereocenters. The van der Waals surface area contributed by atoms with Crippen molar-refractivity contribution in [2.45, 2.75) is 6.54 Å². The Balaban J connectivity index is 3.12. The van der Waals surface area contributed by atoms with Crippen molar-refractivity contribution < 1.29 is 19.4 Å². The Kier molecular flexibility index (Phi) is 3.71. The molecule has 0 bridgehead atoms.